The number of anilines is 2. The van der Waals surface area contributed by atoms with Crippen molar-refractivity contribution in [3.63, 3.8) is 0 Å². The van der Waals surface area contributed by atoms with E-state index in [1.165, 1.54) is 17.4 Å². The van der Waals surface area contributed by atoms with Gasteiger partial charge in [-0.05, 0) is 48.9 Å². The first-order valence-electron chi connectivity index (χ1n) is 12.0. The largest absolute Gasteiger partial charge is 0.481 e. The summed E-state index contributed by atoms with van der Waals surface area (Å²) in [4.78, 5) is 29.7. The van der Waals surface area contributed by atoms with E-state index in [0.717, 1.165) is 21.9 Å². The van der Waals surface area contributed by atoms with Crippen molar-refractivity contribution in [2.45, 2.75) is 33.7 Å². The van der Waals surface area contributed by atoms with E-state index in [1.807, 2.05) is 62.5 Å². The molecule has 3 aromatic carbocycles. The number of aryl methyl sites for hydroxylation is 1. The molecule has 0 fully saturated rings. The summed E-state index contributed by atoms with van der Waals surface area (Å²) >= 11 is 1.43. The molecule has 192 valence electrons. The van der Waals surface area contributed by atoms with Gasteiger partial charge in [0.05, 0.1) is 18.7 Å². The number of nitrogens with zero attached hydrogens (tertiary/aromatic N) is 2. The Bertz CT molecular complexity index is 1320. The number of carboxylic acid groups (broad SMARTS) is 1. The van der Waals surface area contributed by atoms with E-state index in [-0.39, 0.29) is 24.7 Å². The normalized spacial score (nSPS) is 10.3. The Morgan fingerprint density at radius 2 is 1.68 bits per heavy atom. The Kier molecular flexibility index (Phi) is 9.92. The van der Waals surface area contributed by atoms with Crippen LogP contribution >= 0.6 is 11.3 Å². The first-order valence-corrected chi connectivity index (χ1v) is 12.9. The number of aromatic nitrogens is 1. The van der Waals surface area contributed by atoms with Crippen LogP contribution in [0.5, 0.6) is 0 Å². The van der Waals surface area contributed by atoms with Gasteiger partial charge in [0.1, 0.15) is 5.82 Å². The zero-order valence-corrected chi connectivity index (χ0v) is 21.9. The van der Waals surface area contributed by atoms with E-state index in [0.29, 0.717) is 23.4 Å². The highest BCUT2D eigenvalue weighted by Crippen LogP contribution is 2.34. The lowest BCUT2D eigenvalue weighted by atomic mass is 10.1. The Morgan fingerprint density at radius 1 is 1.00 bits per heavy atom. The molecule has 0 aliphatic rings. The molecule has 1 heterocycles. The van der Waals surface area contributed by atoms with Gasteiger partial charge in [0, 0.05) is 28.7 Å². The molecular weight excluding hydrogens is 489 g/mol. The minimum atomic E-state index is -0.961. The molecule has 1 aromatic heterocycles. The van der Waals surface area contributed by atoms with Crippen LogP contribution in [0.25, 0.3) is 11.3 Å². The van der Waals surface area contributed by atoms with Crippen LogP contribution in [0.1, 0.15) is 41.8 Å². The van der Waals surface area contributed by atoms with Crippen LogP contribution in [-0.2, 0) is 11.3 Å². The standard InChI is InChI=1S/C27H24FN3O3S.C2H6/c1-18-6-12-21(13-7-18)31(27-30-24(17-35-27)22-4-2-3-5-23(22)28)16-19-8-10-20(11-9-19)26(34)29-15-14-25(32)33;1-2/h2-13,17H,14-16H2,1H3,(H,29,34)(H,32,33);1-2H3. The molecule has 0 unspecified atom stereocenters. The Morgan fingerprint density at radius 3 is 2.32 bits per heavy atom. The third kappa shape index (κ3) is 7.47. The molecule has 6 nitrogen and oxygen atoms in total. The molecule has 1 amide bonds. The van der Waals surface area contributed by atoms with Gasteiger partial charge in [-0.15, -0.1) is 11.3 Å². The minimum Gasteiger partial charge on any atom is -0.481 e. The maximum atomic E-state index is 14.3. The molecule has 0 aliphatic carbocycles. The molecule has 0 atom stereocenters. The summed E-state index contributed by atoms with van der Waals surface area (Å²) in [5.74, 6) is -1.59. The van der Waals surface area contributed by atoms with E-state index in [2.05, 4.69) is 10.2 Å². The van der Waals surface area contributed by atoms with E-state index in [4.69, 9.17) is 10.1 Å². The van der Waals surface area contributed by atoms with Crippen molar-refractivity contribution in [3.05, 3.63) is 101 Å². The predicted octanol–water partition coefficient (Wildman–Crippen LogP) is 6.83. The Balaban J connectivity index is 0.00000186. The summed E-state index contributed by atoms with van der Waals surface area (Å²) in [7, 11) is 0. The number of hydrogen-bond donors (Lipinski definition) is 2. The van der Waals surface area contributed by atoms with Crippen LogP contribution in [0.3, 0.4) is 0 Å². The van der Waals surface area contributed by atoms with Crippen LogP contribution < -0.4 is 10.2 Å². The third-order valence-electron chi connectivity index (χ3n) is 5.40. The van der Waals surface area contributed by atoms with Crippen molar-refractivity contribution in [3.8, 4) is 11.3 Å². The topological polar surface area (TPSA) is 82.5 Å². The molecule has 0 radical (unpaired) electrons. The number of benzene rings is 3. The number of carbonyl (C=O) groups is 2. The van der Waals surface area contributed by atoms with Crippen LogP contribution in [-0.4, -0.2) is 28.5 Å². The van der Waals surface area contributed by atoms with Crippen LogP contribution in [0.15, 0.2) is 78.2 Å². The van der Waals surface area contributed by atoms with Crippen molar-refractivity contribution < 1.29 is 19.1 Å². The van der Waals surface area contributed by atoms with Gasteiger partial charge >= 0.3 is 5.97 Å². The lowest BCUT2D eigenvalue weighted by Crippen LogP contribution is -2.26. The van der Waals surface area contributed by atoms with Gasteiger partial charge in [-0.1, -0.05) is 55.8 Å². The van der Waals surface area contributed by atoms with Gasteiger partial charge in [-0.2, -0.15) is 0 Å². The van der Waals surface area contributed by atoms with Crippen LogP contribution in [0, 0.1) is 12.7 Å². The second kappa shape index (κ2) is 13.3. The fourth-order valence-corrected chi connectivity index (χ4v) is 4.35. The van der Waals surface area contributed by atoms with Gasteiger partial charge in [0.25, 0.3) is 5.91 Å². The SMILES string of the molecule is CC.Cc1ccc(N(Cc2ccc(C(=O)NCCC(=O)O)cc2)c2nc(-c3ccccc3F)cs2)cc1. The second-order valence-corrected chi connectivity index (χ2v) is 8.85. The van der Waals surface area contributed by atoms with E-state index >= 15 is 0 Å². The maximum Gasteiger partial charge on any atom is 0.305 e. The molecule has 0 aliphatic heterocycles. The average Bonchev–Trinajstić information content (AvgIpc) is 3.39. The number of hydrogen-bond acceptors (Lipinski definition) is 5. The van der Waals surface area contributed by atoms with Crippen molar-refractivity contribution >= 4 is 34.0 Å². The Hall–Kier alpha value is -4.04. The molecule has 0 bridgehead atoms. The van der Waals surface area contributed by atoms with Crippen LogP contribution in [0.2, 0.25) is 0 Å². The smallest absolute Gasteiger partial charge is 0.305 e. The minimum absolute atomic E-state index is 0.0749. The summed E-state index contributed by atoms with van der Waals surface area (Å²) in [6.45, 7) is 6.59. The molecular formula is C29H30FN3O3S. The molecule has 0 spiro atoms. The van der Waals surface area contributed by atoms with E-state index < -0.39 is 5.97 Å². The summed E-state index contributed by atoms with van der Waals surface area (Å²) in [5.41, 5.74) is 4.52. The number of rotatable bonds is 9. The monoisotopic (exact) mass is 519 g/mol. The molecule has 4 rings (SSSR count). The highest BCUT2D eigenvalue weighted by molar-refractivity contribution is 7.14. The van der Waals surface area contributed by atoms with Gasteiger partial charge < -0.3 is 15.3 Å². The molecule has 0 saturated heterocycles. The number of amides is 1. The summed E-state index contributed by atoms with van der Waals surface area (Å²) in [6.07, 6.45) is -0.127. The zero-order valence-electron chi connectivity index (χ0n) is 21.1. The average molecular weight is 520 g/mol. The van der Waals surface area contributed by atoms with Gasteiger partial charge in [0.2, 0.25) is 0 Å². The number of halogens is 1. The van der Waals surface area contributed by atoms with Gasteiger partial charge in [-0.3, -0.25) is 9.59 Å². The number of carboxylic acids is 1. The van der Waals surface area contributed by atoms with Crippen molar-refractivity contribution in [1.29, 1.82) is 0 Å². The number of nitrogens with one attached hydrogen (secondary N) is 1. The quantitative estimate of drug-likeness (QED) is 0.253. The highest BCUT2D eigenvalue weighted by Gasteiger charge is 2.17. The number of thiazole rings is 1. The highest BCUT2D eigenvalue weighted by atomic mass is 32.1. The van der Waals surface area contributed by atoms with Crippen molar-refractivity contribution in [1.82, 2.24) is 10.3 Å². The lowest BCUT2D eigenvalue weighted by molar-refractivity contribution is -0.136. The molecule has 8 heteroatoms. The first kappa shape index (κ1) is 27.5. The summed E-state index contributed by atoms with van der Waals surface area (Å²) < 4.78 is 14.3. The maximum absolute atomic E-state index is 14.3. The van der Waals surface area contributed by atoms with E-state index in [9.17, 15) is 14.0 Å². The zero-order chi connectivity index (χ0) is 26.8. The third-order valence-corrected chi connectivity index (χ3v) is 6.26. The second-order valence-electron chi connectivity index (χ2n) is 8.01. The van der Waals surface area contributed by atoms with Gasteiger partial charge in [0.15, 0.2) is 5.13 Å². The summed E-state index contributed by atoms with van der Waals surface area (Å²) in [6, 6.07) is 21.8. The fourth-order valence-electron chi connectivity index (χ4n) is 3.50. The number of carbonyl (C=O) groups excluding carboxylic acids is 1. The number of aliphatic carboxylic acids is 1. The molecule has 2 N–H and O–H groups in total. The first-order chi connectivity index (χ1) is 17.9. The molecule has 0 saturated carbocycles. The Labute approximate surface area is 220 Å². The fraction of sp³-hybridized carbons (Fsp3) is 0.207. The summed E-state index contributed by atoms with van der Waals surface area (Å²) in [5, 5.41) is 13.9. The van der Waals surface area contributed by atoms with Crippen molar-refractivity contribution in [2.75, 3.05) is 11.4 Å². The van der Waals surface area contributed by atoms with Crippen molar-refractivity contribution in [2.24, 2.45) is 0 Å². The van der Waals surface area contributed by atoms with E-state index in [1.54, 1.807) is 30.3 Å². The lowest BCUT2D eigenvalue weighted by Gasteiger charge is -2.22. The predicted molar refractivity (Wildman–Crippen MR) is 147 cm³/mol. The van der Waals surface area contributed by atoms with Crippen LogP contribution in [0.4, 0.5) is 15.2 Å². The molecule has 37 heavy (non-hydrogen) atoms. The molecule has 4 aromatic rings. The van der Waals surface area contributed by atoms with Gasteiger partial charge in [-0.25, -0.2) is 9.37 Å².